The van der Waals surface area contributed by atoms with Gasteiger partial charge in [0.25, 0.3) is 0 Å². The van der Waals surface area contributed by atoms with Crippen LogP contribution in [0.5, 0.6) is 5.75 Å². The second kappa shape index (κ2) is 8.15. The highest BCUT2D eigenvalue weighted by Gasteiger charge is 2.12. The van der Waals surface area contributed by atoms with E-state index in [4.69, 9.17) is 4.74 Å². The minimum Gasteiger partial charge on any atom is -0.494 e. The van der Waals surface area contributed by atoms with E-state index in [0.29, 0.717) is 5.92 Å². The van der Waals surface area contributed by atoms with Crippen molar-refractivity contribution in [3.63, 3.8) is 0 Å². The zero-order valence-electron chi connectivity index (χ0n) is 12.3. The zero-order valence-corrected chi connectivity index (χ0v) is 13.2. The summed E-state index contributed by atoms with van der Waals surface area (Å²) in [6.45, 7) is 5.96. The summed E-state index contributed by atoms with van der Waals surface area (Å²) in [7, 11) is 0. The first kappa shape index (κ1) is 15.2. The fraction of sp³-hybridized carbons (Fsp3) is 0.471. The van der Waals surface area contributed by atoms with Crippen LogP contribution in [0.4, 0.5) is 0 Å². The Morgan fingerprint density at radius 1 is 1.20 bits per heavy atom. The van der Waals surface area contributed by atoms with Crippen molar-refractivity contribution in [2.75, 3.05) is 18.9 Å². The molecule has 0 saturated carbocycles. The molecule has 1 aromatic rings. The van der Waals surface area contributed by atoms with E-state index in [1.165, 1.54) is 17.0 Å². The smallest absolute Gasteiger partial charge is 0.119 e. The van der Waals surface area contributed by atoms with Crippen molar-refractivity contribution in [3.8, 4) is 5.75 Å². The van der Waals surface area contributed by atoms with Gasteiger partial charge in [-0.05, 0) is 42.4 Å². The first-order chi connectivity index (χ1) is 9.83. The quantitative estimate of drug-likeness (QED) is 0.759. The Balaban J connectivity index is 1.90. The number of thioether (sulfide) groups is 1. The molecule has 1 atom stereocenters. The Morgan fingerprint density at radius 2 is 2.00 bits per heavy atom. The second-order valence-electron chi connectivity index (χ2n) is 4.91. The molecule has 0 saturated heterocycles. The molecule has 3 heteroatoms. The molecule has 0 fully saturated rings. The Hall–Kier alpha value is -1.22. The van der Waals surface area contributed by atoms with Crippen molar-refractivity contribution in [2.45, 2.75) is 32.6 Å². The number of aliphatic imine (C=N–C) groups is 1. The molecule has 0 N–H and O–H groups in total. The molecule has 0 aromatic heterocycles. The highest BCUT2D eigenvalue weighted by atomic mass is 32.2. The average molecular weight is 289 g/mol. The standard InChI is InChI=1S/C17H23NOS/c1-3-11-19-16-8-5-14(6-9-16)15-7-10-17(18-13-15)20-12-4-2/h5-10,15H,3-4,11-13H2,1-2H3. The molecule has 0 bridgehead atoms. The van der Waals surface area contributed by atoms with E-state index >= 15 is 0 Å². The van der Waals surface area contributed by atoms with Crippen molar-refractivity contribution in [2.24, 2.45) is 4.99 Å². The van der Waals surface area contributed by atoms with Crippen LogP contribution in [0.3, 0.4) is 0 Å². The van der Waals surface area contributed by atoms with Gasteiger partial charge in [-0.25, -0.2) is 0 Å². The van der Waals surface area contributed by atoms with E-state index in [2.05, 4.69) is 55.3 Å². The number of dihydropyridines is 1. The maximum Gasteiger partial charge on any atom is 0.119 e. The monoisotopic (exact) mass is 289 g/mol. The molecule has 1 aliphatic rings. The lowest BCUT2D eigenvalue weighted by Crippen LogP contribution is -2.07. The molecule has 0 aliphatic carbocycles. The van der Waals surface area contributed by atoms with E-state index in [-0.39, 0.29) is 0 Å². The molecular formula is C17H23NOS. The van der Waals surface area contributed by atoms with Crippen LogP contribution in [0.2, 0.25) is 0 Å². The summed E-state index contributed by atoms with van der Waals surface area (Å²) in [5, 5.41) is 1.17. The van der Waals surface area contributed by atoms with E-state index in [9.17, 15) is 0 Å². The molecule has 2 nitrogen and oxygen atoms in total. The predicted octanol–water partition coefficient (Wildman–Crippen LogP) is 4.67. The van der Waals surface area contributed by atoms with Gasteiger partial charge in [-0.15, -0.1) is 11.8 Å². The number of hydrogen-bond acceptors (Lipinski definition) is 3. The molecule has 20 heavy (non-hydrogen) atoms. The maximum absolute atomic E-state index is 5.61. The van der Waals surface area contributed by atoms with Gasteiger partial charge in [-0.1, -0.05) is 32.1 Å². The molecule has 0 radical (unpaired) electrons. The van der Waals surface area contributed by atoms with Crippen molar-refractivity contribution in [3.05, 3.63) is 42.0 Å². The Kier molecular flexibility index (Phi) is 6.19. The summed E-state index contributed by atoms with van der Waals surface area (Å²) in [5.74, 6) is 2.51. The van der Waals surface area contributed by atoms with Crippen molar-refractivity contribution in [1.82, 2.24) is 0 Å². The summed E-state index contributed by atoms with van der Waals surface area (Å²) in [6.07, 6.45) is 6.67. The van der Waals surface area contributed by atoms with Gasteiger partial charge in [-0.3, -0.25) is 4.99 Å². The highest BCUT2D eigenvalue weighted by Crippen LogP contribution is 2.25. The van der Waals surface area contributed by atoms with Gasteiger partial charge in [0.1, 0.15) is 5.75 Å². The van der Waals surface area contributed by atoms with Gasteiger partial charge in [0.15, 0.2) is 0 Å². The number of ether oxygens (including phenoxy) is 1. The molecule has 108 valence electrons. The third kappa shape index (κ3) is 4.41. The highest BCUT2D eigenvalue weighted by molar-refractivity contribution is 8.14. The van der Waals surface area contributed by atoms with Crippen molar-refractivity contribution >= 4 is 16.8 Å². The van der Waals surface area contributed by atoms with Crippen LogP contribution in [0, 0.1) is 0 Å². The average Bonchev–Trinajstić information content (AvgIpc) is 2.52. The maximum atomic E-state index is 5.61. The third-order valence-corrected chi connectivity index (χ3v) is 4.32. The van der Waals surface area contributed by atoms with Crippen LogP contribution in [-0.4, -0.2) is 23.9 Å². The van der Waals surface area contributed by atoms with Crippen molar-refractivity contribution in [1.29, 1.82) is 0 Å². The normalized spacial score (nSPS) is 17.9. The lowest BCUT2D eigenvalue weighted by atomic mass is 9.97. The molecule has 0 spiro atoms. The van der Waals surface area contributed by atoms with Crippen LogP contribution < -0.4 is 4.74 Å². The van der Waals surface area contributed by atoms with Crippen LogP contribution in [0.25, 0.3) is 0 Å². The minimum atomic E-state index is 0.404. The SMILES string of the molecule is CCCOc1ccc(C2C=CC(SCCC)=NC2)cc1. The minimum absolute atomic E-state index is 0.404. The topological polar surface area (TPSA) is 21.6 Å². The molecule has 0 amide bonds. The fourth-order valence-corrected chi connectivity index (χ4v) is 2.80. The summed E-state index contributed by atoms with van der Waals surface area (Å²) in [4.78, 5) is 4.66. The van der Waals surface area contributed by atoms with E-state index in [1.807, 2.05) is 11.8 Å². The van der Waals surface area contributed by atoms with Crippen molar-refractivity contribution < 1.29 is 4.74 Å². The lowest BCUT2D eigenvalue weighted by molar-refractivity contribution is 0.317. The molecule has 1 aliphatic heterocycles. The fourth-order valence-electron chi connectivity index (χ4n) is 2.05. The van der Waals surface area contributed by atoms with Gasteiger partial charge >= 0.3 is 0 Å². The number of nitrogens with zero attached hydrogens (tertiary/aromatic N) is 1. The van der Waals surface area contributed by atoms with Crippen LogP contribution >= 0.6 is 11.8 Å². The van der Waals surface area contributed by atoms with Crippen LogP contribution in [0.15, 0.2) is 41.4 Å². The molecule has 1 heterocycles. The largest absolute Gasteiger partial charge is 0.494 e. The predicted molar refractivity (Wildman–Crippen MR) is 89.2 cm³/mol. The van der Waals surface area contributed by atoms with Gasteiger partial charge in [0, 0.05) is 5.92 Å². The summed E-state index contributed by atoms with van der Waals surface area (Å²) in [5.41, 5.74) is 1.31. The number of benzene rings is 1. The lowest BCUT2D eigenvalue weighted by Gasteiger charge is -2.16. The number of hydrogen-bond donors (Lipinski definition) is 0. The Bertz CT molecular complexity index is 464. The third-order valence-electron chi connectivity index (χ3n) is 3.15. The first-order valence-electron chi connectivity index (χ1n) is 7.41. The van der Waals surface area contributed by atoms with Gasteiger partial charge in [-0.2, -0.15) is 0 Å². The van der Waals surface area contributed by atoms with E-state index in [0.717, 1.165) is 31.1 Å². The van der Waals surface area contributed by atoms with Gasteiger partial charge in [0.2, 0.25) is 0 Å². The van der Waals surface area contributed by atoms with Crippen LogP contribution in [-0.2, 0) is 0 Å². The molecule has 1 unspecified atom stereocenters. The van der Waals surface area contributed by atoms with E-state index < -0.39 is 0 Å². The molecule has 1 aromatic carbocycles. The zero-order chi connectivity index (χ0) is 14.2. The second-order valence-corrected chi connectivity index (χ2v) is 6.03. The Morgan fingerprint density at radius 3 is 2.60 bits per heavy atom. The van der Waals surface area contributed by atoms with Gasteiger partial charge < -0.3 is 4.74 Å². The summed E-state index contributed by atoms with van der Waals surface area (Å²) < 4.78 is 5.61. The summed E-state index contributed by atoms with van der Waals surface area (Å²) in [6, 6.07) is 8.42. The summed E-state index contributed by atoms with van der Waals surface area (Å²) >= 11 is 1.85. The first-order valence-corrected chi connectivity index (χ1v) is 8.40. The van der Waals surface area contributed by atoms with Gasteiger partial charge in [0.05, 0.1) is 18.2 Å². The molecule has 2 rings (SSSR count). The molecular weight excluding hydrogens is 266 g/mol. The van der Waals surface area contributed by atoms with E-state index in [1.54, 1.807) is 0 Å². The number of rotatable bonds is 6. The Labute approximate surface area is 126 Å². The van der Waals surface area contributed by atoms with Crippen LogP contribution in [0.1, 0.15) is 38.2 Å².